The van der Waals surface area contributed by atoms with Gasteiger partial charge >= 0.3 is 5.97 Å². The predicted octanol–water partition coefficient (Wildman–Crippen LogP) is 3.05. The van der Waals surface area contributed by atoms with E-state index in [1.807, 2.05) is 51.1 Å². The summed E-state index contributed by atoms with van der Waals surface area (Å²) in [5, 5.41) is 2.91. The van der Waals surface area contributed by atoms with E-state index in [0.717, 1.165) is 18.4 Å². The van der Waals surface area contributed by atoms with Gasteiger partial charge in [0, 0.05) is 25.6 Å². The molecule has 2 amide bonds. The van der Waals surface area contributed by atoms with Crippen molar-refractivity contribution in [2.24, 2.45) is 5.41 Å². The molecule has 154 valence electrons. The first-order valence-electron chi connectivity index (χ1n) is 9.87. The van der Waals surface area contributed by atoms with Crippen LogP contribution in [0.4, 0.5) is 0 Å². The van der Waals surface area contributed by atoms with E-state index in [2.05, 4.69) is 5.32 Å². The zero-order valence-electron chi connectivity index (χ0n) is 17.4. The summed E-state index contributed by atoms with van der Waals surface area (Å²) in [6.45, 7) is 5.88. The molecular weight excluding hydrogens is 356 g/mol. The van der Waals surface area contributed by atoms with Crippen molar-refractivity contribution in [3.05, 3.63) is 35.9 Å². The van der Waals surface area contributed by atoms with Crippen molar-refractivity contribution >= 4 is 17.8 Å². The fourth-order valence-electron chi connectivity index (χ4n) is 3.61. The van der Waals surface area contributed by atoms with Gasteiger partial charge in [0.2, 0.25) is 5.91 Å². The van der Waals surface area contributed by atoms with Crippen molar-refractivity contribution in [2.75, 3.05) is 13.7 Å². The minimum absolute atomic E-state index is 0.108. The molecule has 1 saturated carbocycles. The Morgan fingerprint density at radius 2 is 1.71 bits per heavy atom. The maximum atomic E-state index is 12.8. The van der Waals surface area contributed by atoms with Crippen LogP contribution in [0.5, 0.6) is 0 Å². The number of esters is 1. The number of rotatable bonds is 7. The highest BCUT2D eigenvalue weighted by atomic mass is 16.5. The summed E-state index contributed by atoms with van der Waals surface area (Å²) in [6, 6.07) is 9.64. The summed E-state index contributed by atoms with van der Waals surface area (Å²) in [5.41, 5.74) is -0.152. The van der Waals surface area contributed by atoms with E-state index in [1.165, 1.54) is 4.90 Å². The topological polar surface area (TPSA) is 75.7 Å². The fourth-order valence-corrected chi connectivity index (χ4v) is 3.61. The summed E-state index contributed by atoms with van der Waals surface area (Å²) in [6.07, 6.45) is 3.13. The van der Waals surface area contributed by atoms with E-state index in [9.17, 15) is 14.4 Å². The number of ether oxygens (including phenoxy) is 1. The van der Waals surface area contributed by atoms with Crippen molar-refractivity contribution < 1.29 is 19.1 Å². The molecule has 0 aromatic heterocycles. The molecule has 1 aromatic rings. The minimum Gasteiger partial charge on any atom is -0.455 e. The summed E-state index contributed by atoms with van der Waals surface area (Å²) < 4.78 is 5.37. The zero-order chi connectivity index (χ0) is 20.8. The summed E-state index contributed by atoms with van der Waals surface area (Å²) in [4.78, 5) is 39.0. The summed E-state index contributed by atoms with van der Waals surface area (Å²) in [5.74, 6) is -0.848. The Bertz CT molecular complexity index is 688. The molecule has 1 aromatic carbocycles. The van der Waals surface area contributed by atoms with Gasteiger partial charge in [-0.3, -0.25) is 14.4 Å². The van der Waals surface area contributed by atoms with Gasteiger partial charge in [0.1, 0.15) is 0 Å². The second-order valence-electron chi connectivity index (χ2n) is 8.77. The lowest BCUT2D eigenvalue weighted by molar-refractivity contribution is -0.162. The number of carbonyl (C=O) groups excluding carboxylic acids is 3. The molecule has 1 aliphatic carbocycles. The Balaban J connectivity index is 1.91. The van der Waals surface area contributed by atoms with Crippen molar-refractivity contribution in [1.29, 1.82) is 0 Å². The number of amides is 2. The quantitative estimate of drug-likeness (QED) is 0.729. The maximum Gasteiger partial charge on any atom is 0.313 e. The minimum atomic E-state index is -0.812. The van der Waals surface area contributed by atoms with Crippen LogP contribution in [0.2, 0.25) is 0 Å². The van der Waals surface area contributed by atoms with Crippen LogP contribution in [0.25, 0.3) is 0 Å². The van der Waals surface area contributed by atoms with Crippen LogP contribution in [0.3, 0.4) is 0 Å². The lowest BCUT2D eigenvalue weighted by Crippen LogP contribution is -2.44. The SMILES string of the molecule is CN(Cc1ccccc1)C(=O)COC(=O)C1(CC(=O)NC(C)(C)C)CCCC1. The lowest BCUT2D eigenvalue weighted by atomic mass is 9.82. The van der Waals surface area contributed by atoms with Crippen molar-refractivity contribution in [2.45, 2.75) is 65.0 Å². The van der Waals surface area contributed by atoms with Gasteiger partial charge in [0.25, 0.3) is 5.91 Å². The highest BCUT2D eigenvalue weighted by molar-refractivity contribution is 5.88. The van der Waals surface area contributed by atoms with Crippen LogP contribution in [0, 0.1) is 5.41 Å². The first kappa shape index (κ1) is 21.9. The molecule has 6 nitrogen and oxygen atoms in total. The Hall–Kier alpha value is -2.37. The molecule has 1 aliphatic rings. The highest BCUT2D eigenvalue weighted by Crippen LogP contribution is 2.42. The fraction of sp³-hybridized carbons (Fsp3) is 0.591. The van der Waals surface area contributed by atoms with Gasteiger partial charge in [0.15, 0.2) is 6.61 Å². The van der Waals surface area contributed by atoms with Crippen LogP contribution in [-0.2, 0) is 25.7 Å². The van der Waals surface area contributed by atoms with Gasteiger partial charge in [-0.1, -0.05) is 43.2 Å². The Morgan fingerprint density at radius 3 is 2.29 bits per heavy atom. The summed E-state index contributed by atoms with van der Waals surface area (Å²) >= 11 is 0. The number of nitrogens with zero attached hydrogens (tertiary/aromatic N) is 1. The van der Waals surface area contributed by atoms with E-state index in [4.69, 9.17) is 4.74 Å². The second-order valence-corrected chi connectivity index (χ2v) is 8.77. The third kappa shape index (κ3) is 6.36. The van der Waals surface area contributed by atoms with Crippen LogP contribution >= 0.6 is 0 Å². The lowest BCUT2D eigenvalue weighted by Gasteiger charge is -2.28. The molecule has 1 fully saturated rings. The normalized spacial score (nSPS) is 15.7. The molecule has 6 heteroatoms. The van der Waals surface area contributed by atoms with Gasteiger partial charge in [-0.2, -0.15) is 0 Å². The Morgan fingerprint density at radius 1 is 1.11 bits per heavy atom. The summed E-state index contributed by atoms with van der Waals surface area (Å²) in [7, 11) is 1.69. The van der Waals surface area contributed by atoms with Crippen molar-refractivity contribution in [3.63, 3.8) is 0 Å². The molecule has 1 N–H and O–H groups in total. The Labute approximate surface area is 167 Å². The molecule has 0 atom stereocenters. The molecule has 0 saturated heterocycles. The third-order valence-electron chi connectivity index (χ3n) is 5.02. The van der Waals surface area contributed by atoms with Crippen LogP contribution in [0.15, 0.2) is 30.3 Å². The van der Waals surface area contributed by atoms with E-state index >= 15 is 0 Å². The maximum absolute atomic E-state index is 12.8. The van der Waals surface area contributed by atoms with Crippen LogP contribution in [-0.4, -0.2) is 41.9 Å². The monoisotopic (exact) mass is 388 g/mol. The number of carbonyl (C=O) groups is 3. The number of nitrogens with one attached hydrogen (secondary N) is 1. The van der Waals surface area contributed by atoms with E-state index in [-0.39, 0.29) is 30.4 Å². The standard InChI is InChI=1S/C22H32N2O4/c1-21(2,3)23-18(25)14-22(12-8-9-13-22)20(27)28-16-19(26)24(4)15-17-10-6-5-7-11-17/h5-7,10-11H,8-9,12-16H2,1-4H3,(H,23,25). The van der Waals surface area contributed by atoms with Gasteiger partial charge in [-0.25, -0.2) is 0 Å². The Kier molecular flexibility index (Phi) is 7.22. The molecule has 0 spiro atoms. The highest BCUT2D eigenvalue weighted by Gasteiger charge is 2.44. The van der Waals surface area contributed by atoms with E-state index in [1.54, 1.807) is 7.05 Å². The van der Waals surface area contributed by atoms with E-state index in [0.29, 0.717) is 19.4 Å². The van der Waals surface area contributed by atoms with Gasteiger partial charge < -0.3 is 15.0 Å². The molecule has 0 aliphatic heterocycles. The van der Waals surface area contributed by atoms with E-state index < -0.39 is 11.4 Å². The van der Waals surface area contributed by atoms with Crippen LogP contribution < -0.4 is 5.32 Å². The molecule has 0 heterocycles. The number of benzene rings is 1. The molecule has 28 heavy (non-hydrogen) atoms. The number of hydrogen-bond acceptors (Lipinski definition) is 4. The van der Waals surface area contributed by atoms with Crippen LogP contribution in [0.1, 0.15) is 58.4 Å². The number of hydrogen-bond donors (Lipinski definition) is 1. The average Bonchev–Trinajstić information content (AvgIpc) is 3.08. The van der Waals surface area contributed by atoms with Gasteiger partial charge in [0.05, 0.1) is 5.41 Å². The third-order valence-corrected chi connectivity index (χ3v) is 5.02. The molecule has 2 rings (SSSR count). The average molecular weight is 389 g/mol. The molecular formula is C22H32N2O4. The zero-order valence-corrected chi connectivity index (χ0v) is 17.4. The molecule has 0 radical (unpaired) electrons. The molecule has 0 unspecified atom stereocenters. The largest absolute Gasteiger partial charge is 0.455 e. The first-order chi connectivity index (χ1) is 13.1. The van der Waals surface area contributed by atoms with Crippen molar-refractivity contribution in [1.82, 2.24) is 10.2 Å². The first-order valence-corrected chi connectivity index (χ1v) is 9.87. The predicted molar refractivity (Wildman–Crippen MR) is 107 cm³/mol. The smallest absolute Gasteiger partial charge is 0.313 e. The van der Waals surface area contributed by atoms with Crippen molar-refractivity contribution in [3.8, 4) is 0 Å². The molecule has 0 bridgehead atoms. The van der Waals surface area contributed by atoms with Gasteiger partial charge in [-0.05, 0) is 39.2 Å². The number of likely N-dealkylation sites (N-methyl/N-ethyl adjacent to an activating group) is 1. The second kappa shape index (κ2) is 9.22. The van der Waals surface area contributed by atoms with Gasteiger partial charge in [-0.15, -0.1) is 0 Å².